The van der Waals surface area contributed by atoms with E-state index in [1.807, 2.05) is 42.5 Å². The van der Waals surface area contributed by atoms with Crippen LogP contribution in [-0.4, -0.2) is 20.9 Å². The maximum atomic E-state index is 12.6. The minimum atomic E-state index is -0.403. The molecule has 0 fully saturated rings. The first-order chi connectivity index (χ1) is 16.4. The zero-order chi connectivity index (χ0) is 25.4. The number of rotatable bonds is 6. The molecule has 0 aliphatic heterocycles. The summed E-state index contributed by atoms with van der Waals surface area (Å²) < 4.78 is 8.41. The molecule has 4 aromatic rings. The van der Waals surface area contributed by atoms with Crippen molar-refractivity contribution in [3.63, 3.8) is 0 Å². The van der Waals surface area contributed by atoms with Gasteiger partial charge in [-0.15, -0.1) is 0 Å². The minimum absolute atomic E-state index is 0.146. The number of ether oxygens (including phenoxy) is 1. The molecule has 182 valence electrons. The fourth-order valence-electron chi connectivity index (χ4n) is 4.63. The molecule has 2 aromatic carbocycles. The summed E-state index contributed by atoms with van der Waals surface area (Å²) in [7, 11) is 0. The molecule has 0 radical (unpaired) electrons. The number of aromatic nitrogens is 2. The van der Waals surface area contributed by atoms with Gasteiger partial charge in [-0.3, -0.25) is 4.40 Å². The van der Waals surface area contributed by atoms with E-state index >= 15 is 0 Å². The highest BCUT2D eigenvalue weighted by Gasteiger charge is 2.28. The molecular weight excluding hydrogens is 502 g/mol. The molecule has 1 N–H and O–H groups in total. The molecule has 0 aliphatic carbocycles. The normalized spacial score (nSPS) is 12.1. The molecule has 5 nitrogen and oxygen atoms in total. The zero-order valence-electron chi connectivity index (χ0n) is 21.1. The second-order valence-electron chi connectivity index (χ2n) is 10.9. The number of anilines is 1. The Kier molecular flexibility index (Phi) is 6.78. The number of hydrogen-bond donors (Lipinski definition) is 1. The monoisotopic (exact) mass is 533 g/mol. The van der Waals surface area contributed by atoms with Gasteiger partial charge >= 0.3 is 5.97 Å². The van der Waals surface area contributed by atoms with Crippen LogP contribution in [0.5, 0.6) is 5.75 Å². The number of hydrogen-bond acceptors (Lipinski definition) is 4. The maximum Gasteiger partial charge on any atom is 0.344 e. The summed E-state index contributed by atoms with van der Waals surface area (Å²) in [5.41, 5.74) is 4.36. The molecule has 0 saturated carbocycles. The Balaban J connectivity index is 1.67. The van der Waals surface area contributed by atoms with Crippen LogP contribution in [0.1, 0.15) is 57.0 Å². The largest absolute Gasteiger partial charge is 0.423 e. The van der Waals surface area contributed by atoms with Gasteiger partial charge in [0.05, 0.1) is 5.56 Å². The Labute approximate surface area is 215 Å². The number of pyridine rings is 1. The number of carbonyl (C=O) groups excluding carboxylic acids is 1. The van der Waals surface area contributed by atoms with Crippen molar-refractivity contribution in [1.82, 2.24) is 9.38 Å². The summed E-state index contributed by atoms with van der Waals surface area (Å²) in [6.07, 6.45) is 3.05. The van der Waals surface area contributed by atoms with Gasteiger partial charge in [0.25, 0.3) is 0 Å². The number of nitrogens with one attached hydrogen (secondary N) is 1. The van der Waals surface area contributed by atoms with Crippen LogP contribution in [0.3, 0.4) is 0 Å². The van der Waals surface area contributed by atoms with Gasteiger partial charge in [0.15, 0.2) is 0 Å². The van der Waals surface area contributed by atoms with Crippen molar-refractivity contribution in [3.8, 4) is 17.0 Å². The van der Waals surface area contributed by atoms with E-state index in [2.05, 4.69) is 85.5 Å². The zero-order valence-corrected chi connectivity index (χ0v) is 22.7. The Morgan fingerprint density at radius 2 is 1.71 bits per heavy atom. The van der Waals surface area contributed by atoms with Crippen molar-refractivity contribution >= 4 is 33.4 Å². The molecular formula is C29H32BrN3O2. The van der Waals surface area contributed by atoms with Crippen LogP contribution in [0.15, 0.2) is 71.3 Å². The summed E-state index contributed by atoms with van der Waals surface area (Å²) in [6.45, 7) is 13.3. The average molecular weight is 534 g/mol. The highest BCUT2D eigenvalue weighted by atomic mass is 79.9. The van der Waals surface area contributed by atoms with Crippen LogP contribution < -0.4 is 10.1 Å². The minimum Gasteiger partial charge on any atom is -0.423 e. The number of imidazole rings is 1. The average Bonchev–Trinajstić information content (AvgIpc) is 3.09. The molecule has 0 atom stereocenters. The summed E-state index contributed by atoms with van der Waals surface area (Å²) in [5, 5.41) is 3.77. The van der Waals surface area contributed by atoms with E-state index in [1.54, 1.807) is 6.07 Å². The van der Waals surface area contributed by atoms with Gasteiger partial charge in [0.1, 0.15) is 22.9 Å². The Morgan fingerprint density at radius 3 is 2.37 bits per heavy atom. The van der Waals surface area contributed by atoms with Gasteiger partial charge in [-0.2, -0.15) is 0 Å². The molecule has 0 unspecified atom stereocenters. The first-order valence-electron chi connectivity index (χ1n) is 11.8. The first-order valence-corrected chi connectivity index (χ1v) is 12.6. The second-order valence-corrected chi connectivity index (χ2v) is 11.7. The second kappa shape index (κ2) is 9.50. The number of esters is 1. The molecule has 0 spiro atoms. The lowest BCUT2D eigenvalue weighted by Gasteiger charge is -2.34. The fourth-order valence-corrected chi connectivity index (χ4v) is 5.07. The smallest absolute Gasteiger partial charge is 0.344 e. The highest BCUT2D eigenvalue weighted by molar-refractivity contribution is 9.10. The summed E-state index contributed by atoms with van der Waals surface area (Å²) in [5.74, 6) is 1.03. The molecule has 35 heavy (non-hydrogen) atoms. The van der Waals surface area contributed by atoms with Gasteiger partial charge in [-0.25, -0.2) is 9.78 Å². The van der Waals surface area contributed by atoms with Crippen molar-refractivity contribution in [1.29, 1.82) is 0 Å². The predicted octanol–water partition coefficient (Wildman–Crippen LogP) is 7.92. The standard InChI is InChI=1S/C29H32BrN3O2/c1-19-15-16-33-24(17-19)31-25(26(33)32-29(5,6)18-28(2,3)4)20-11-13-21(14-12-20)35-27(34)22-9-7-8-10-23(22)30/h7-17,32H,18H2,1-6H3. The van der Waals surface area contributed by atoms with Crippen molar-refractivity contribution in [3.05, 3.63) is 82.5 Å². The molecule has 0 saturated heterocycles. The number of fused-ring (bicyclic) bond motifs is 1. The highest BCUT2D eigenvalue weighted by Crippen LogP contribution is 2.35. The Hall–Kier alpha value is -3.12. The van der Waals surface area contributed by atoms with Crippen LogP contribution in [0.25, 0.3) is 16.9 Å². The van der Waals surface area contributed by atoms with Gasteiger partial charge in [-0.1, -0.05) is 32.9 Å². The third kappa shape index (κ3) is 5.93. The van der Waals surface area contributed by atoms with Crippen LogP contribution in [-0.2, 0) is 0 Å². The number of nitrogens with zero attached hydrogens (tertiary/aromatic N) is 2. The predicted molar refractivity (Wildman–Crippen MR) is 146 cm³/mol. The van der Waals surface area contributed by atoms with Crippen molar-refractivity contribution in [2.75, 3.05) is 5.32 Å². The quantitative estimate of drug-likeness (QED) is 0.202. The molecule has 0 aliphatic rings. The van der Waals surface area contributed by atoms with Crippen LogP contribution >= 0.6 is 15.9 Å². The van der Waals surface area contributed by atoms with E-state index in [4.69, 9.17) is 9.72 Å². The number of aryl methyl sites for hydroxylation is 1. The summed E-state index contributed by atoms with van der Waals surface area (Å²) in [4.78, 5) is 17.5. The van der Waals surface area contributed by atoms with Gasteiger partial charge in [0.2, 0.25) is 0 Å². The van der Waals surface area contributed by atoms with Crippen molar-refractivity contribution in [2.45, 2.75) is 53.5 Å². The summed E-state index contributed by atoms with van der Waals surface area (Å²) >= 11 is 3.41. The van der Waals surface area contributed by atoms with Crippen molar-refractivity contribution < 1.29 is 9.53 Å². The lowest BCUT2D eigenvalue weighted by Crippen LogP contribution is -2.36. The SMILES string of the molecule is Cc1ccn2c(NC(C)(C)CC(C)(C)C)c(-c3ccc(OC(=O)c4ccccc4Br)cc3)nc2c1. The van der Waals surface area contributed by atoms with Crippen molar-refractivity contribution in [2.24, 2.45) is 5.41 Å². The molecule has 0 amide bonds. The lowest BCUT2D eigenvalue weighted by molar-refractivity contribution is 0.0734. The van der Waals surface area contributed by atoms with E-state index in [1.165, 1.54) is 0 Å². The summed E-state index contributed by atoms with van der Waals surface area (Å²) in [6, 6.07) is 18.9. The van der Waals surface area contributed by atoms with Gasteiger partial charge in [-0.05, 0) is 103 Å². The maximum absolute atomic E-state index is 12.6. The topological polar surface area (TPSA) is 55.6 Å². The van der Waals surface area contributed by atoms with E-state index in [-0.39, 0.29) is 11.0 Å². The molecule has 2 aromatic heterocycles. The molecule has 0 bridgehead atoms. The molecule has 2 heterocycles. The Bertz CT molecular complexity index is 1370. The van der Waals surface area contributed by atoms with E-state index in [0.29, 0.717) is 15.8 Å². The number of halogens is 1. The molecule has 4 rings (SSSR count). The van der Waals surface area contributed by atoms with Gasteiger partial charge in [0, 0.05) is 21.8 Å². The lowest BCUT2D eigenvalue weighted by atomic mass is 9.82. The third-order valence-corrected chi connectivity index (χ3v) is 6.33. The van der Waals surface area contributed by atoms with Crippen LogP contribution in [0.2, 0.25) is 0 Å². The van der Waals surface area contributed by atoms with Crippen LogP contribution in [0.4, 0.5) is 5.82 Å². The number of benzene rings is 2. The third-order valence-electron chi connectivity index (χ3n) is 5.64. The Morgan fingerprint density at radius 1 is 1.03 bits per heavy atom. The van der Waals surface area contributed by atoms with E-state index in [9.17, 15) is 4.79 Å². The van der Waals surface area contributed by atoms with Crippen LogP contribution in [0, 0.1) is 12.3 Å². The van der Waals surface area contributed by atoms with Gasteiger partial charge < -0.3 is 10.1 Å². The van der Waals surface area contributed by atoms with E-state index in [0.717, 1.165) is 34.7 Å². The molecule has 6 heteroatoms. The fraction of sp³-hybridized carbons (Fsp3) is 0.310. The van der Waals surface area contributed by atoms with E-state index < -0.39 is 5.97 Å². The number of carbonyl (C=O) groups is 1. The first kappa shape index (κ1) is 25.0.